The number of hydrogen-bond acceptors (Lipinski definition) is 3. The second-order valence-corrected chi connectivity index (χ2v) is 7.65. The van der Waals surface area contributed by atoms with Crippen molar-refractivity contribution in [2.75, 3.05) is 26.7 Å². The minimum absolute atomic E-state index is 0. The zero-order valence-electron chi connectivity index (χ0n) is 16.3. The summed E-state index contributed by atoms with van der Waals surface area (Å²) in [4.78, 5) is 17.5. The molecule has 1 aliphatic heterocycles. The average Bonchev–Trinajstić information content (AvgIpc) is 2.56. The van der Waals surface area contributed by atoms with Gasteiger partial charge in [0.05, 0.1) is 0 Å². The summed E-state index contributed by atoms with van der Waals surface area (Å²) in [6, 6.07) is 7.71. The Labute approximate surface area is 173 Å². The van der Waals surface area contributed by atoms with E-state index in [1.807, 2.05) is 31.3 Å². The third kappa shape index (κ3) is 5.02. The second kappa shape index (κ2) is 8.92. The summed E-state index contributed by atoms with van der Waals surface area (Å²) in [7, 11) is 1.83. The first-order valence-electron chi connectivity index (χ1n) is 8.66. The van der Waals surface area contributed by atoms with Crippen LogP contribution in [0.5, 0.6) is 5.75 Å². The molecule has 1 fully saturated rings. The van der Waals surface area contributed by atoms with Crippen molar-refractivity contribution in [2.45, 2.75) is 39.7 Å². The Bertz CT molecular complexity index is 641. The zero-order chi connectivity index (χ0) is 18.7. The Hall–Kier alpha value is -1.51. The molecule has 3 N–H and O–H groups in total. The molecule has 0 aromatic heterocycles. The maximum Gasteiger partial charge on any atom is 0.255 e. The summed E-state index contributed by atoms with van der Waals surface area (Å²) in [6.07, 6.45) is 0.882. The number of benzene rings is 1. The van der Waals surface area contributed by atoms with E-state index in [0.717, 1.165) is 25.5 Å². The highest BCUT2D eigenvalue weighted by molar-refractivity contribution is 14.0. The molecule has 26 heavy (non-hydrogen) atoms. The number of carbonyl (C=O) groups is 1. The Morgan fingerprint density at radius 2 is 1.88 bits per heavy atom. The topological polar surface area (TPSA) is 80.0 Å². The van der Waals surface area contributed by atoms with Crippen LogP contribution < -0.4 is 15.8 Å². The van der Waals surface area contributed by atoms with Crippen LogP contribution in [0.15, 0.2) is 29.3 Å². The Balaban J connectivity index is 0.00000338. The van der Waals surface area contributed by atoms with Gasteiger partial charge in [0, 0.05) is 31.1 Å². The number of hydrogen-bond donors (Lipinski definition) is 2. The van der Waals surface area contributed by atoms with Gasteiger partial charge in [-0.3, -0.25) is 9.79 Å². The number of ether oxygens (including phenoxy) is 1. The van der Waals surface area contributed by atoms with E-state index in [2.05, 4.69) is 42.9 Å². The zero-order valence-corrected chi connectivity index (χ0v) is 18.7. The number of carbonyl (C=O) groups excluding carboxylic acids is 1. The lowest BCUT2D eigenvalue weighted by atomic mass is 9.65. The number of nitrogens with two attached hydrogens (primary N) is 1. The first-order valence-corrected chi connectivity index (χ1v) is 8.66. The number of halogens is 1. The fourth-order valence-corrected chi connectivity index (χ4v) is 2.92. The maximum atomic E-state index is 10.7. The van der Waals surface area contributed by atoms with E-state index in [0.29, 0.717) is 5.75 Å². The lowest BCUT2D eigenvalue weighted by molar-refractivity contribution is -0.119. The van der Waals surface area contributed by atoms with E-state index in [9.17, 15) is 4.79 Å². The maximum absolute atomic E-state index is 10.7. The predicted molar refractivity (Wildman–Crippen MR) is 116 cm³/mol. The number of rotatable bonds is 6. The minimum atomic E-state index is -0.475. The van der Waals surface area contributed by atoms with Gasteiger partial charge in [-0.1, -0.05) is 26.0 Å². The van der Waals surface area contributed by atoms with Crippen molar-refractivity contribution in [3.05, 3.63) is 29.8 Å². The van der Waals surface area contributed by atoms with Crippen molar-refractivity contribution in [1.29, 1.82) is 0 Å². The number of guanidine groups is 1. The summed E-state index contributed by atoms with van der Waals surface area (Å²) >= 11 is 0. The molecule has 0 bridgehead atoms. The highest BCUT2D eigenvalue weighted by Crippen LogP contribution is 2.46. The molecule has 0 aliphatic carbocycles. The van der Waals surface area contributed by atoms with Gasteiger partial charge in [0.25, 0.3) is 5.91 Å². The van der Waals surface area contributed by atoms with Gasteiger partial charge in [-0.25, -0.2) is 0 Å². The third-order valence-electron chi connectivity index (χ3n) is 5.35. The molecule has 0 radical (unpaired) electrons. The van der Waals surface area contributed by atoms with Gasteiger partial charge in [0.2, 0.25) is 0 Å². The molecule has 7 heteroatoms. The highest BCUT2D eigenvalue weighted by Gasteiger charge is 2.53. The van der Waals surface area contributed by atoms with Crippen LogP contribution in [0.1, 0.15) is 33.3 Å². The Kier molecular flexibility index (Phi) is 7.73. The lowest BCUT2D eigenvalue weighted by Gasteiger charge is -2.62. The lowest BCUT2D eigenvalue weighted by Crippen LogP contribution is -2.72. The largest absolute Gasteiger partial charge is 0.484 e. The number of nitrogens with one attached hydrogen (secondary N) is 1. The van der Waals surface area contributed by atoms with E-state index < -0.39 is 5.91 Å². The summed E-state index contributed by atoms with van der Waals surface area (Å²) in [5.41, 5.74) is 6.63. The van der Waals surface area contributed by atoms with Gasteiger partial charge >= 0.3 is 0 Å². The van der Waals surface area contributed by atoms with Gasteiger partial charge in [0.15, 0.2) is 12.6 Å². The SMILES string of the molecule is CN=C(NCCc1ccc(OCC(N)=O)cc1)N1CC(C)(C)C1(C)C.I. The van der Waals surface area contributed by atoms with E-state index in [-0.39, 0.29) is 41.5 Å². The first kappa shape index (κ1) is 22.5. The van der Waals surface area contributed by atoms with Crippen LogP contribution in [-0.4, -0.2) is 49.0 Å². The summed E-state index contributed by atoms with van der Waals surface area (Å²) < 4.78 is 5.26. The number of likely N-dealkylation sites (tertiary alicyclic amines) is 1. The normalized spacial score (nSPS) is 17.7. The molecule has 1 aromatic rings. The second-order valence-electron chi connectivity index (χ2n) is 7.65. The van der Waals surface area contributed by atoms with Crippen molar-refractivity contribution in [3.8, 4) is 5.75 Å². The Morgan fingerprint density at radius 3 is 2.35 bits per heavy atom. The first-order chi connectivity index (χ1) is 11.7. The molecular weight excluding hydrogens is 443 g/mol. The summed E-state index contributed by atoms with van der Waals surface area (Å²) in [6.45, 7) is 10.8. The van der Waals surface area contributed by atoms with Gasteiger partial charge in [-0.2, -0.15) is 0 Å². The molecule has 1 aliphatic rings. The molecule has 146 valence electrons. The average molecular weight is 474 g/mol. The van der Waals surface area contributed by atoms with Crippen LogP contribution >= 0.6 is 24.0 Å². The third-order valence-corrected chi connectivity index (χ3v) is 5.35. The Morgan fingerprint density at radius 1 is 1.27 bits per heavy atom. The van der Waals surface area contributed by atoms with Crippen molar-refractivity contribution >= 4 is 35.8 Å². The van der Waals surface area contributed by atoms with Crippen LogP contribution in [-0.2, 0) is 11.2 Å². The number of amides is 1. The van der Waals surface area contributed by atoms with Crippen molar-refractivity contribution in [2.24, 2.45) is 16.1 Å². The summed E-state index contributed by atoms with van der Waals surface area (Å²) in [5.74, 6) is 1.12. The van der Waals surface area contributed by atoms with E-state index >= 15 is 0 Å². The molecule has 1 amide bonds. The monoisotopic (exact) mass is 474 g/mol. The number of aliphatic imine (C=N–C) groups is 1. The molecular formula is C19H31IN4O2. The van der Waals surface area contributed by atoms with Crippen LogP contribution in [0.2, 0.25) is 0 Å². The molecule has 6 nitrogen and oxygen atoms in total. The van der Waals surface area contributed by atoms with Gasteiger partial charge < -0.3 is 20.7 Å². The number of primary amides is 1. The predicted octanol–water partition coefficient (Wildman–Crippen LogP) is 2.41. The molecule has 0 unspecified atom stereocenters. The highest BCUT2D eigenvalue weighted by atomic mass is 127. The van der Waals surface area contributed by atoms with E-state index in [1.54, 1.807) is 0 Å². The van der Waals surface area contributed by atoms with Crippen molar-refractivity contribution in [1.82, 2.24) is 10.2 Å². The van der Waals surface area contributed by atoms with Crippen LogP contribution in [0.4, 0.5) is 0 Å². The van der Waals surface area contributed by atoms with Gasteiger partial charge in [-0.05, 0) is 38.0 Å². The smallest absolute Gasteiger partial charge is 0.255 e. The fraction of sp³-hybridized carbons (Fsp3) is 0.579. The molecule has 1 heterocycles. The van der Waals surface area contributed by atoms with Crippen LogP contribution in [0.25, 0.3) is 0 Å². The van der Waals surface area contributed by atoms with Crippen molar-refractivity contribution in [3.63, 3.8) is 0 Å². The molecule has 2 rings (SSSR count). The minimum Gasteiger partial charge on any atom is -0.484 e. The standard InChI is InChI=1S/C19H30N4O2.HI/c1-18(2)13-23(19(18,3)4)17(21-5)22-11-10-14-6-8-15(9-7-14)25-12-16(20)24;/h6-9H,10-13H2,1-5H3,(H2,20,24)(H,21,22);1H. The molecule has 1 saturated heterocycles. The van der Waals surface area contributed by atoms with Crippen LogP contribution in [0, 0.1) is 5.41 Å². The quantitative estimate of drug-likeness (QED) is 0.377. The molecule has 0 saturated carbocycles. The molecule has 0 atom stereocenters. The van der Waals surface area contributed by atoms with Crippen LogP contribution in [0.3, 0.4) is 0 Å². The van der Waals surface area contributed by atoms with Gasteiger partial charge in [-0.15, -0.1) is 24.0 Å². The van der Waals surface area contributed by atoms with Gasteiger partial charge in [0.1, 0.15) is 5.75 Å². The van der Waals surface area contributed by atoms with E-state index in [1.165, 1.54) is 5.56 Å². The van der Waals surface area contributed by atoms with Crippen molar-refractivity contribution < 1.29 is 9.53 Å². The molecule has 0 spiro atoms. The molecule has 1 aromatic carbocycles. The van der Waals surface area contributed by atoms with E-state index in [4.69, 9.17) is 10.5 Å². The number of nitrogens with zero attached hydrogens (tertiary/aromatic N) is 2. The fourth-order valence-electron chi connectivity index (χ4n) is 2.92. The summed E-state index contributed by atoms with van der Waals surface area (Å²) in [5, 5.41) is 3.45.